The van der Waals surface area contributed by atoms with E-state index in [-0.39, 0.29) is 28.6 Å². The van der Waals surface area contributed by atoms with E-state index in [0.717, 1.165) is 5.56 Å². The number of nitrogens with one attached hydrogen (secondary N) is 1. The zero-order valence-corrected chi connectivity index (χ0v) is 10.9. The van der Waals surface area contributed by atoms with E-state index >= 15 is 0 Å². The summed E-state index contributed by atoms with van der Waals surface area (Å²) in [5.41, 5.74) is 0.936. The molecule has 0 bridgehead atoms. The molecule has 1 aromatic carbocycles. The number of carbonyl (C=O) groups excluding carboxylic acids is 1. The first-order valence-corrected chi connectivity index (χ1v) is 5.98. The summed E-state index contributed by atoms with van der Waals surface area (Å²) in [4.78, 5) is 19.6. The fourth-order valence-electron chi connectivity index (χ4n) is 1.56. The minimum atomic E-state index is -0.383. The first kappa shape index (κ1) is 13.4. The topological polar surface area (TPSA) is 54.9 Å². The number of amides is 1. The molecule has 4 nitrogen and oxygen atoms in total. The summed E-state index contributed by atoms with van der Waals surface area (Å²) in [7, 11) is 0. The van der Waals surface area contributed by atoms with Crippen molar-refractivity contribution in [2.24, 2.45) is 0 Å². The second kappa shape index (κ2) is 5.75. The maximum absolute atomic E-state index is 12.8. The van der Waals surface area contributed by atoms with E-state index in [9.17, 15) is 9.18 Å². The molecule has 0 aliphatic heterocycles. The van der Waals surface area contributed by atoms with Gasteiger partial charge in [0.2, 0.25) is 0 Å². The van der Waals surface area contributed by atoms with Gasteiger partial charge in [-0.05, 0) is 24.6 Å². The van der Waals surface area contributed by atoms with Gasteiger partial charge in [0.25, 0.3) is 5.91 Å². The van der Waals surface area contributed by atoms with Gasteiger partial charge in [0.15, 0.2) is 0 Å². The van der Waals surface area contributed by atoms with Crippen molar-refractivity contribution < 1.29 is 9.18 Å². The fraction of sp³-hybridized carbons (Fsp3) is 0.154. The molecule has 0 saturated heterocycles. The van der Waals surface area contributed by atoms with Crippen LogP contribution < -0.4 is 5.32 Å². The number of nitrogens with zero attached hydrogens (tertiary/aromatic N) is 2. The van der Waals surface area contributed by atoms with E-state index in [1.165, 1.54) is 24.5 Å². The van der Waals surface area contributed by atoms with Gasteiger partial charge < -0.3 is 5.32 Å². The van der Waals surface area contributed by atoms with Gasteiger partial charge in [0.1, 0.15) is 16.7 Å². The summed E-state index contributed by atoms with van der Waals surface area (Å²) in [6.45, 7) is 1.79. The van der Waals surface area contributed by atoms with Gasteiger partial charge in [0, 0.05) is 0 Å². The van der Waals surface area contributed by atoms with Crippen molar-refractivity contribution in [2.45, 2.75) is 13.0 Å². The molecule has 0 aliphatic carbocycles. The van der Waals surface area contributed by atoms with Gasteiger partial charge in [-0.25, -0.2) is 9.37 Å². The molecule has 1 atom stereocenters. The molecule has 2 rings (SSSR count). The molecule has 1 N–H and O–H groups in total. The van der Waals surface area contributed by atoms with Gasteiger partial charge >= 0.3 is 0 Å². The molecule has 2 aromatic rings. The molecular weight excluding hydrogens is 269 g/mol. The van der Waals surface area contributed by atoms with Crippen LogP contribution in [-0.4, -0.2) is 15.9 Å². The molecule has 1 aromatic heterocycles. The normalized spacial score (nSPS) is 11.9. The SMILES string of the molecule is CC(NC(=O)c1cncc(Cl)n1)c1ccc(F)cc1. The van der Waals surface area contributed by atoms with E-state index in [1.807, 2.05) is 0 Å². The highest BCUT2D eigenvalue weighted by atomic mass is 35.5. The van der Waals surface area contributed by atoms with E-state index in [1.54, 1.807) is 19.1 Å². The second-order valence-electron chi connectivity index (χ2n) is 3.97. The minimum Gasteiger partial charge on any atom is -0.344 e. The zero-order valence-electron chi connectivity index (χ0n) is 10.1. The van der Waals surface area contributed by atoms with Crippen LogP contribution in [0.15, 0.2) is 36.7 Å². The Balaban J connectivity index is 2.08. The van der Waals surface area contributed by atoms with Gasteiger partial charge in [-0.15, -0.1) is 0 Å². The van der Waals surface area contributed by atoms with Crippen LogP contribution in [0.3, 0.4) is 0 Å². The Morgan fingerprint density at radius 3 is 2.63 bits per heavy atom. The van der Waals surface area contributed by atoms with Crippen LogP contribution in [0.2, 0.25) is 5.15 Å². The lowest BCUT2D eigenvalue weighted by Gasteiger charge is -2.13. The number of rotatable bonds is 3. The summed E-state index contributed by atoms with van der Waals surface area (Å²) in [6.07, 6.45) is 2.68. The van der Waals surface area contributed by atoms with Gasteiger partial charge in [-0.1, -0.05) is 23.7 Å². The largest absolute Gasteiger partial charge is 0.344 e. The van der Waals surface area contributed by atoms with E-state index in [4.69, 9.17) is 11.6 Å². The predicted octanol–water partition coefficient (Wildman–Crippen LogP) is 2.76. The van der Waals surface area contributed by atoms with Crippen molar-refractivity contribution >= 4 is 17.5 Å². The highest BCUT2D eigenvalue weighted by Gasteiger charge is 2.13. The summed E-state index contributed by atoms with van der Waals surface area (Å²) in [5, 5.41) is 2.89. The summed E-state index contributed by atoms with van der Waals surface area (Å²) >= 11 is 5.66. The summed E-state index contributed by atoms with van der Waals surface area (Å²) in [5.74, 6) is -0.699. The fourth-order valence-corrected chi connectivity index (χ4v) is 1.70. The third kappa shape index (κ3) is 3.48. The molecule has 0 spiro atoms. The lowest BCUT2D eigenvalue weighted by molar-refractivity contribution is 0.0934. The van der Waals surface area contributed by atoms with Crippen LogP contribution in [0.5, 0.6) is 0 Å². The van der Waals surface area contributed by atoms with Crippen molar-refractivity contribution in [1.82, 2.24) is 15.3 Å². The van der Waals surface area contributed by atoms with E-state index < -0.39 is 0 Å². The molecule has 1 heterocycles. The molecule has 0 saturated carbocycles. The Morgan fingerprint density at radius 2 is 2.00 bits per heavy atom. The molecule has 0 aliphatic rings. The quantitative estimate of drug-likeness (QED) is 0.940. The van der Waals surface area contributed by atoms with Gasteiger partial charge in [-0.2, -0.15) is 0 Å². The monoisotopic (exact) mass is 279 g/mol. The molecule has 0 fully saturated rings. The predicted molar refractivity (Wildman–Crippen MR) is 69.3 cm³/mol. The van der Waals surface area contributed by atoms with E-state index in [2.05, 4.69) is 15.3 Å². The van der Waals surface area contributed by atoms with Crippen molar-refractivity contribution in [3.8, 4) is 0 Å². The Morgan fingerprint density at radius 1 is 1.32 bits per heavy atom. The lowest BCUT2D eigenvalue weighted by Crippen LogP contribution is -2.27. The van der Waals surface area contributed by atoms with Crippen LogP contribution in [0, 0.1) is 5.82 Å². The number of hydrogen-bond donors (Lipinski definition) is 1. The van der Waals surface area contributed by atoms with Crippen LogP contribution >= 0.6 is 11.6 Å². The Hall–Kier alpha value is -2.01. The molecule has 1 unspecified atom stereocenters. The first-order valence-electron chi connectivity index (χ1n) is 5.60. The van der Waals surface area contributed by atoms with Crippen molar-refractivity contribution in [3.63, 3.8) is 0 Å². The Bertz CT molecular complexity index is 589. The molecule has 1 amide bonds. The van der Waals surface area contributed by atoms with Crippen LogP contribution in [0.25, 0.3) is 0 Å². The lowest BCUT2D eigenvalue weighted by atomic mass is 10.1. The number of halogens is 2. The second-order valence-corrected chi connectivity index (χ2v) is 4.36. The summed E-state index contributed by atoms with van der Waals surface area (Å²) in [6, 6.07) is 5.65. The smallest absolute Gasteiger partial charge is 0.272 e. The molecular formula is C13H11ClFN3O. The summed E-state index contributed by atoms with van der Waals surface area (Å²) < 4.78 is 12.8. The number of aromatic nitrogens is 2. The van der Waals surface area contributed by atoms with Gasteiger partial charge in [0.05, 0.1) is 18.4 Å². The average molecular weight is 280 g/mol. The number of hydrogen-bond acceptors (Lipinski definition) is 3. The molecule has 19 heavy (non-hydrogen) atoms. The third-order valence-electron chi connectivity index (χ3n) is 2.56. The van der Waals surface area contributed by atoms with Crippen LogP contribution in [0.4, 0.5) is 4.39 Å². The van der Waals surface area contributed by atoms with Crippen LogP contribution in [-0.2, 0) is 0 Å². The maximum atomic E-state index is 12.8. The molecule has 98 valence electrons. The van der Waals surface area contributed by atoms with Gasteiger partial charge in [-0.3, -0.25) is 9.78 Å². The number of benzene rings is 1. The molecule has 0 radical (unpaired) electrons. The first-order chi connectivity index (χ1) is 9.06. The van der Waals surface area contributed by atoms with Crippen molar-refractivity contribution in [2.75, 3.05) is 0 Å². The maximum Gasteiger partial charge on any atom is 0.272 e. The van der Waals surface area contributed by atoms with E-state index in [0.29, 0.717) is 0 Å². The zero-order chi connectivity index (χ0) is 13.8. The van der Waals surface area contributed by atoms with Crippen molar-refractivity contribution in [1.29, 1.82) is 0 Å². The minimum absolute atomic E-state index is 0.140. The highest BCUT2D eigenvalue weighted by Crippen LogP contribution is 2.13. The average Bonchev–Trinajstić information content (AvgIpc) is 2.39. The number of carbonyl (C=O) groups is 1. The van der Waals surface area contributed by atoms with Crippen LogP contribution in [0.1, 0.15) is 29.0 Å². The third-order valence-corrected chi connectivity index (χ3v) is 2.74. The van der Waals surface area contributed by atoms with Crippen molar-refractivity contribution in [3.05, 3.63) is 58.9 Å². The Kier molecular flexibility index (Phi) is 4.06. The highest BCUT2D eigenvalue weighted by molar-refractivity contribution is 6.29. The molecule has 6 heteroatoms. The standard InChI is InChI=1S/C13H11ClFN3O/c1-8(9-2-4-10(15)5-3-9)17-13(19)11-6-16-7-12(14)18-11/h2-8H,1H3,(H,17,19). The Labute approximate surface area is 114 Å².